The summed E-state index contributed by atoms with van der Waals surface area (Å²) in [5.41, 5.74) is 0. The molecule has 1 aliphatic rings. The number of nitrogens with one attached hydrogen (secondary N) is 2. The highest BCUT2D eigenvalue weighted by Gasteiger charge is 2.25. The monoisotopic (exact) mass is 248 g/mol. The molecule has 0 aromatic heterocycles. The van der Waals surface area contributed by atoms with Gasteiger partial charge >= 0.3 is 0 Å². The van der Waals surface area contributed by atoms with E-state index in [2.05, 4.69) is 17.0 Å². The maximum Gasteiger partial charge on any atom is 0.213 e. The molecule has 2 atom stereocenters. The van der Waals surface area contributed by atoms with Gasteiger partial charge in [0.15, 0.2) is 0 Å². The Morgan fingerprint density at radius 2 is 1.94 bits per heavy atom. The Morgan fingerprint density at radius 3 is 2.56 bits per heavy atom. The largest absolute Gasteiger partial charge is 0.316 e. The molecule has 5 heteroatoms. The molecule has 0 spiro atoms. The SMILES string of the molecule is CCNCCS(=O)(=O)NC1CCCCC1C. The highest BCUT2D eigenvalue weighted by molar-refractivity contribution is 7.89. The van der Waals surface area contributed by atoms with Crippen LogP contribution in [-0.2, 0) is 10.0 Å². The number of sulfonamides is 1. The summed E-state index contributed by atoms with van der Waals surface area (Å²) in [6.45, 7) is 5.46. The van der Waals surface area contributed by atoms with Crippen molar-refractivity contribution in [3.8, 4) is 0 Å². The average molecular weight is 248 g/mol. The maximum absolute atomic E-state index is 11.8. The van der Waals surface area contributed by atoms with Crippen molar-refractivity contribution in [2.45, 2.75) is 45.6 Å². The minimum atomic E-state index is -3.10. The van der Waals surface area contributed by atoms with Gasteiger partial charge in [0.05, 0.1) is 5.75 Å². The molecule has 1 rings (SSSR count). The standard InChI is InChI=1S/C11H24N2O2S/c1-3-12-8-9-16(14,15)13-11-7-5-4-6-10(11)2/h10-13H,3-9H2,1-2H3. The van der Waals surface area contributed by atoms with Crippen LogP contribution >= 0.6 is 0 Å². The highest BCUT2D eigenvalue weighted by atomic mass is 32.2. The number of rotatable bonds is 6. The van der Waals surface area contributed by atoms with Crippen molar-refractivity contribution in [3.63, 3.8) is 0 Å². The molecule has 0 aromatic carbocycles. The van der Waals surface area contributed by atoms with E-state index in [0.29, 0.717) is 12.5 Å². The molecule has 2 unspecified atom stereocenters. The maximum atomic E-state index is 11.8. The summed E-state index contributed by atoms with van der Waals surface area (Å²) in [6, 6.07) is 0.153. The van der Waals surface area contributed by atoms with Gasteiger partial charge in [-0.3, -0.25) is 0 Å². The molecule has 1 saturated carbocycles. The summed E-state index contributed by atoms with van der Waals surface area (Å²) < 4.78 is 26.4. The Balaban J connectivity index is 2.38. The predicted molar refractivity (Wildman–Crippen MR) is 66.9 cm³/mol. The van der Waals surface area contributed by atoms with E-state index in [0.717, 1.165) is 25.8 Å². The Bertz CT molecular complexity index is 290. The molecular formula is C11H24N2O2S. The number of hydrogen-bond acceptors (Lipinski definition) is 3. The average Bonchev–Trinajstić information content (AvgIpc) is 2.21. The first-order valence-electron chi connectivity index (χ1n) is 6.26. The molecule has 0 bridgehead atoms. The van der Waals surface area contributed by atoms with E-state index >= 15 is 0 Å². The lowest BCUT2D eigenvalue weighted by Gasteiger charge is -2.29. The van der Waals surface area contributed by atoms with E-state index in [4.69, 9.17) is 0 Å². The van der Waals surface area contributed by atoms with Gasteiger partial charge in [-0.2, -0.15) is 0 Å². The van der Waals surface area contributed by atoms with Crippen LogP contribution < -0.4 is 10.0 Å². The first-order valence-corrected chi connectivity index (χ1v) is 7.91. The molecule has 2 N–H and O–H groups in total. The van der Waals surface area contributed by atoms with Gasteiger partial charge in [-0.1, -0.05) is 26.7 Å². The minimum absolute atomic E-state index is 0.153. The molecule has 0 saturated heterocycles. The summed E-state index contributed by atoms with van der Waals surface area (Å²) in [4.78, 5) is 0. The van der Waals surface area contributed by atoms with Crippen LogP contribution in [0.15, 0.2) is 0 Å². The molecule has 1 aliphatic carbocycles. The fraction of sp³-hybridized carbons (Fsp3) is 1.00. The lowest BCUT2D eigenvalue weighted by molar-refractivity contribution is 0.310. The first kappa shape index (κ1) is 13.9. The van der Waals surface area contributed by atoms with Crippen molar-refractivity contribution in [1.29, 1.82) is 0 Å². The van der Waals surface area contributed by atoms with E-state index < -0.39 is 10.0 Å². The summed E-state index contributed by atoms with van der Waals surface area (Å²) in [6.07, 6.45) is 4.50. The molecule has 16 heavy (non-hydrogen) atoms. The fourth-order valence-electron chi connectivity index (χ4n) is 2.16. The van der Waals surface area contributed by atoms with Crippen LogP contribution in [0.25, 0.3) is 0 Å². The van der Waals surface area contributed by atoms with Gasteiger partial charge in [0.25, 0.3) is 0 Å². The van der Waals surface area contributed by atoms with Gasteiger partial charge in [0.1, 0.15) is 0 Å². The second-order valence-electron chi connectivity index (χ2n) is 4.66. The fourth-order valence-corrected chi connectivity index (χ4v) is 3.51. The molecule has 1 fully saturated rings. The minimum Gasteiger partial charge on any atom is -0.316 e. The van der Waals surface area contributed by atoms with Crippen LogP contribution in [-0.4, -0.2) is 33.3 Å². The van der Waals surface area contributed by atoms with Crippen LogP contribution in [0.5, 0.6) is 0 Å². The van der Waals surface area contributed by atoms with E-state index in [9.17, 15) is 8.42 Å². The van der Waals surface area contributed by atoms with Gasteiger partial charge in [0.2, 0.25) is 10.0 Å². The molecule has 96 valence electrons. The third kappa shape index (κ3) is 4.80. The third-order valence-electron chi connectivity index (χ3n) is 3.24. The van der Waals surface area contributed by atoms with Gasteiger partial charge in [-0.05, 0) is 25.3 Å². The zero-order chi connectivity index (χ0) is 12.0. The Hall–Kier alpha value is -0.130. The summed E-state index contributed by atoms with van der Waals surface area (Å²) in [5, 5.41) is 3.03. The highest BCUT2D eigenvalue weighted by Crippen LogP contribution is 2.24. The Morgan fingerprint density at radius 1 is 1.25 bits per heavy atom. The molecule has 0 amide bonds. The molecule has 4 nitrogen and oxygen atoms in total. The Kier molecular flexibility index (Phi) is 5.72. The van der Waals surface area contributed by atoms with Crippen molar-refractivity contribution in [1.82, 2.24) is 10.0 Å². The van der Waals surface area contributed by atoms with Crippen molar-refractivity contribution < 1.29 is 8.42 Å². The zero-order valence-corrected chi connectivity index (χ0v) is 11.1. The second-order valence-corrected chi connectivity index (χ2v) is 6.53. The molecule has 0 aliphatic heterocycles. The quantitative estimate of drug-likeness (QED) is 0.692. The van der Waals surface area contributed by atoms with Crippen LogP contribution in [0.4, 0.5) is 0 Å². The normalized spacial score (nSPS) is 26.9. The summed E-state index contributed by atoms with van der Waals surface area (Å²) >= 11 is 0. The van der Waals surface area contributed by atoms with Crippen molar-refractivity contribution in [2.75, 3.05) is 18.8 Å². The van der Waals surface area contributed by atoms with Crippen LogP contribution in [0.3, 0.4) is 0 Å². The molecule has 0 heterocycles. The van der Waals surface area contributed by atoms with Gasteiger partial charge in [-0.15, -0.1) is 0 Å². The zero-order valence-electron chi connectivity index (χ0n) is 10.3. The molecule has 0 aromatic rings. The van der Waals surface area contributed by atoms with Crippen molar-refractivity contribution in [3.05, 3.63) is 0 Å². The van der Waals surface area contributed by atoms with Crippen molar-refractivity contribution in [2.24, 2.45) is 5.92 Å². The van der Waals surface area contributed by atoms with E-state index in [1.807, 2.05) is 6.92 Å². The van der Waals surface area contributed by atoms with Gasteiger partial charge in [0, 0.05) is 12.6 Å². The summed E-state index contributed by atoms with van der Waals surface area (Å²) in [7, 11) is -3.10. The summed E-state index contributed by atoms with van der Waals surface area (Å²) in [5.74, 6) is 0.659. The van der Waals surface area contributed by atoms with Crippen LogP contribution in [0.2, 0.25) is 0 Å². The predicted octanol–water partition coefficient (Wildman–Crippen LogP) is 1.09. The van der Waals surface area contributed by atoms with Crippen LogP contribution in [0, 0.1) is 5.92 Å². The Labute approximate surface area is 99.2 Å². The van der Waals surface area contributed by atoms with E-state index in [1.165, 1.54) is 6.42 Å². The molecular weight excluding hydrogens is 224 g/mol. The first-order chi connectivity index (χ1) is 7.55. The topological polar surface area (TPSA) is 58.2 Å². The smallest absolute Gasteiger partial charge is 0.213 e. The number of hydrogen-bond donors (Lipinski definition) is 2. The molecule has 0 radical (unpaired) electrons. The van der Waals surface area contributed by atoms with E-state index in [1.54, 1.807) is 0 Å². The van der Waals surface area contributed by atoms with E-state index in [-0.39, 0.29) is 11.8 Å². The van der Waals surface area contributed by atoms with Gasteiger partial charge < -0.3 is 5.32 Å². The second kappa shape index (κ2) is 6.57. The lowest BCUT2D eigenvalue weighted by atomic mass is 9.87. The van der Waals surface area contributed by atoms with Crippen LogP contribution in [0.1, 0.15) is 39.5 Å². The third-order valence-corrected chi connectivity index (χ3v) is 4.64. The van der Waals surface area contributed by atoms with Gasteiger partial charge in [-0.25, -0.2) is 13.1 Å². The lowest BCUT2D eigenvalue weighted by Crippen LogP contribution is -2.43. The van der Waals surface area contributed by atoms with Crippen molar-refractivity contribution >= 4 is 10.0 Å².